The highest BCUT2D eigenvalue weighted by molar-refractivity contribution is 6.03. The molecule has 0 atom stereocenters. The predicted octanol–water partition coefficient (Wildman–Crippen LogP) is 4.02. The van der Waals surface area contributed by atoms with E-state index in [1.165, 1.54) is 5.56 Å². The van der Waals surface area contributed by atoms with Crippen LogP contribution in [0.1, 0.15) is 35.5 Å². The number of aryl methyl sites for hydroxylation is 2. The predicted molar refractivity (Wildman–Crippen MR) is 91.4 cm³/mol. The number of carbonyl (C=O) groups excluding carboxylic acids is 1. The number of aromatic nitrogens is 1. The van der Waals surface area contributed by atoms with Gasteiger partial charge in [0, 0.05) is 12.2 Å². The Morgan fingerprint density at radius 1 is 1.09 bits per heavy atom. The van der Waals surface area contributed by atoms with Gasteiger partial charge in [0.25, 0.3) is 5.91 Å². The summed E-state index contributed by atoms with van der Waals surface area (Å²) in [6.07, 6.45) is 1.69. The number of nitrogens with one attached hydrogen (secondary N) is 2. The maximum absolute atomic E-state index is 12.2. The standard InChI is InChI=1S/C18H23N3O/c1-12(2)10-19-16-7-8-17(20-11-16)18(22)21-15-6-5-13(3)14(4)9-15/h5-9,11-12,19H,10H2,1-4H3,(H,21,22). The van der Waals surface area contributed by atoms with Crippen molar-refractivity contribution in [1.82, 2.24) is 4.98 Å². The highest BCUT2D eigenvalue weighted by atomic mass is 16.1. The number of anilines is 2. The zero-order valence-electron chi connectivity index (χ0n) is 13.6. The average Bonchev–Trinajstić information content (AvgIpc) is 2.49. The van der Waals surface area contributed by atoms with Gasteiger partial charge in [-0.05, 0) is 55.2 Å². The minimum atomic E-state index is -0.196. The zero-order chi connectivity index (χ0) is 16.1. The Morgan fingerprint density at radius 3 is 2.41 bits per heavy atom. The Kier molecular flexibility index (Phi) is 5.15. The molecule has 22 heavy (non-hydrogen) atoms. The lowest BCUT2D eigenvalue weighted by atomic mass is 10.1. The van der Waals surface area contributed by atoms with Crippen LogP contribution in [0.15, 0.2) is 36.5 Å². The smallest absolute Gasteiger partial charge is 0.274 e. The fraction of sp³-hybridized carbons (Fsp3) is 0.333. The van der Waals surface area contributed by atoms with Gasteiger partial charge in [0.05, 0.1) is 11.9 Å². The number of hydrogen-bond acceptors (Lipinski definition) is 3. The van der Waals surface area contributed by atoms with E-state index >= 15 is 0 Å². The molecule has 2 aromatic rings. The van der Waals surface area contributed by atoms with Crippen LogP contribution in [0.3, 0.4) is 0 Å². The van der Waals surface area contributed by atoms with Crippen LogP contribution in [0.2, 0.25) is 0 Å². The van der Waals surface area contributed by atoms with Gasteiger partial charge in [-0.3, -0.25) is 4.79 Å². The number of pyridine rings is 1. The first-order valence-electron chi connectivity index (χ1n) is 7.54. The molecule has 0 unspecified atom stereocenters. The Labute approximate surface area is 132 Å². The Hall–Kier alpha value is -2.36. The van der Waals surface area contributed by atoms with Gasteiger partial charge in [0.15, 0.2) is 0 Å². The maximum atomic E-state index is 12.2. The van der Waals surface area contributed by atoms with Gasteiger partial charge in [-0.15, -0.1) is 0 Å². The molecule has 0 bridgehead atoms. The lowest BCUT2D eigenvalue weighted by Crippen LogP contribution is -2.14. The van der Waals surface area contributed by atoms with Gasteiger partial charge in [-0.1, -0.05) is 19.9 Å². The van der Waals surface area contributed by atoms with Crippen LogP contribution < -0.4 is 10.6 Å². The molecular formula is C18H23N3O. The minimum absolute atomic E-state index is 0.196. The summed E-state index contributed by atoms with van der Waals surface area (Å²) >= 11 is 0. The minimum Gasteiger partial charge on any atom is -0.384 e. The first-order chi connectivity index (χ1) is 10.5. The van der Waals surface area contributed by atoms with Gasteiger partial charge >= 0.3 is 0 Å². The molecule has 116 valence electrons. The van der Waals surface area contributed by atoms with Gasteiger partial charge in [0.2, 0.25) is 0 Å². The topological polar surface area (TPSA) is 54.0 Å². The van der Waals surface area contributed by atoms with Crippen molar-refractivity contribution >= 4 is 17.3 Å². The fourth-order valence-corrected chi connectivity index (χ4v) is 1.97. The van der Waals surface area contributed by atoms with Crippen molar-refractivity contribution in [2.75, 3.05) is 17.2 Å². The Balaban J connectivity index is 2.01. The van der Waals surface area contributed by atoms with Gasteiger partial charge in [-0.2, -0.15) is 0 Å². The molecule has 0 saturated carbocycles. The van der Waals surface area contributed by atoms with E-state index in [4.69, 9.17) is 0 Å². The van der Waals surface area contributed by atoms with Gasteiger partial charge in [0.1, 0.15) is 5.69 Å². The van der Waals surface area contributed by atoms with E-state index in [1.807, 2.05) is 38.1 Å². The summed E-state index contributed by atoms with van der Waals surface area (Å²) in [6, 6.07) is 9.48. The lowest BCUT2D eigenvalue weighted by Gasteiger charge is -2.10. The van der Waals surface area contributed by atoms with Crippen molar-refractivity contribution in [3.05, 3.63) is 53.3 Å². The SMILES string of the molecule is Cc1ccc(NC(=O)c2ccc(NCC(C)C)cn2)cc1C. The zero-order valence-corrected chi connectivity index (χ0v) is 13.6. The molecule has 4 heteroatoms. The van der Waals surface area contributed by atoms with Crippen LogP contribution in [-0.2, 0) is 0 Å². The highest BCUT2D eigenvalue weighted by Crippen LogP contribution is 2.15. The molecule has 0 aliphatic rings. The van der Waals surface area contributed by atoms with E-state index in [1.54, 1.807) is 12.3 Å². The first kappa shape index (κ1) is 16.0. The molecule has 1 heterocycles. The normalized spacial score (nSPS) is 10.6. The summed E-state index contributed by atoms with van der Waals surface area (Å²) in [4.78, 5) is 16.4. The van der Waals surface area contributed by atoms with E-state index in [2.05, 4.69) is 29.5 Å². The lowest BCUT2D eigenvalue weighted by molar-refractivity contribution is 0.102. The summed E-state index contributed by atoms with van der Waals surface area (Å²) in [5.74, 6) is 0.367. The van der Waals surface area contributed by atoms with E-state index < -0.39 is 0 Å². The molecule has 0 aliphatic carbocycles. The molecule has 1 aromatic heterocycles. The quantitative estimate of drug-likeness (QED) is 0.876. The van der Waals surface area contributed by atoms with Gasteiger partial charge in [-0.25, -0.2) is 4.98 Å². The Morgan fingerprint density at radius 2 is 1.82 bits per heavy atom. The van der Waals surface area contributed by atoms with Crippen LogP contribution in [0.4, 0.5) is 11.4 Å². The van der Waals surface area contributed by atoms with Crippen molar-refractivity contribution in [1.29, 1.82) is 0 Å². The highest BCUT2D eigenvalue weighted by Gasteiger charge is 2.08. The number of hydrogen-bond donors (Lipinski definition) is 2. The molecule has 1 amide bonds. The summed E-state index contributed by atoms with van der Waals surface area (Å²) in [6.45, 7) is 9.25. The third-order valence-electron chi connectivity index (χ3n) is 3.48. The molecule has 2 rings (SSSR count). The van der Waals surface area contributed by atoms with Crippen molar-refractivity contribution in [2.45, 2.75) is 27.7 Å². The molecule has 0 saturated heterocycles. The number of nitrogens with zero attached hydrogens (tertiary/aromatic N) is 1. The molecule has 0 aliphatic heterocycles. The fourth-order valence-electron chi connectivity index (χ4n) is 1.97. The van der Waals surface area contributed by atoms with Crippen molar-refractivity contribution in [3.8, 4) is 0 Å². The van der Waals surface area contributed by atoms with Gasteiger partial charge < -0.3 is 10.6 Å². The average molecular weight is 297 g/mol. The van der Waals surface area contributed by atoms with Crippen LogP contribution in [0.25, 0.3) is 0 Å². The van der Waals surface area contributed by atoms with Crippen molar-refractivity contribution < 1.29 is 4.79 Å². The van der Waals surface area contributed by atoms with E-state index in [-0.39, 0.29) is 5.91 Å². The summed E-state index contributed by atoms with van der Waals surface area (Å²) < 4.78 is 0. The van der Waals surface area contributed by atoms with E-state index in [0.717, 1.165) is 23.5 Å². The molecule has 0 fully saturated rings. The summed E-state index contributed by atoms with van der Waals surface area (Å²) in [5, 5.41) is 6.15. The van der Waals surface area contributed by atoms with Crippen molar-refractivity contribution in [3.63, 3.8) is 0 Å². The second-order valence-electron chi connectivity index (χ2n) is 5.96. The van der Waals surface area contributed by atoms with Crippen LogP contribution in [-0.4, -0.2) is 17.4 Å². The van der Waals surface area contributed by atoms with Crippen LogP contribution >= 0.6 is 0 Å². The van der Waals surface area contributed by atoms with Crippen molar-refractivity contribution in [2.24, 2.45) is 5.92 Å². The number of carbonyl (C=O) groups is 1. The molecular weight excluding hydrogens is 274 g/mol. The summed E-state index contributed by atoms with van der Waals surface area (Å²) in [5.41, 5.74) is 4.48. The monoisotopic (exact) mass is 297 g/mol. The molecule has 4 nitrogen and oxygen atoms in total. The number of benzene rings is 1. The maximum Gasteiger partial charge on any atom is 0.274 e. The second kappa shape index (κ2) is 7.07. The molecule has 0 spiro atoms. The summed E-state index contributed by atoms with van der Waals surface area (Å²) in [7, 11) is 0. The van der Waals surface area contributed by atoms with Crippen LogP contribution in [0, 0.1) is 19.8 Å². The van der Waals surface area contributed by atoms with Crippen LogP contribution in [0.5, 0.6) is 0 Å². The molecule has 2 N–H and O–H groups in total. The third-order valence-corrected chi connectivity index (χ3v) is 3.48. The van der Waals surface area contributed by atoms with E-state index in [0.29, 0.717) is 11.6 Å². The largest absolute Gasteiger partial charge is 0.384 e. The van der Waals surface area contributed by atoms with E-state index in [9.17, 15) is 4.79 Å². The molecule has 0 radical (unpaired) electrons. The number of rotatable bonds is 5. The first-order valence-corrected chi connectivity index (χ1v) is 7.54. The number of amides is 1. The molecule has 1 aromatic carbocycles. The Bertz CT molecular complexity index is 648. The second-order valence-corrected chi connectivity index (χ2v) is 5.96. The third kappa shape index (κ3) is 4.32.